The number of non-ortho nitro benzene ring substituents is 1. The minimum absolute atomic E-state index is 0.336. The lowest BCUT2D eigenvalue weighted by Crippen LogP contribution is -2.41. The van der Waals surface area contributed by atoms with Crippen molar-refractivity contribution in [3.05, 3.63) is 39.9 Å². The maximum absolute atomic E-state index is 14.6. The molecular weight excluding hydrogens is 354 g/mol. The zero-order valence-electron chi connectivity index (χ0n) is 11.0. The van der Waals surface area contributed by atoms with Crippen LogP contribution in [0.25, 0.3) is 0 Å². The molecule has 0 aliphatic carbocycles. The lowest BCUT2D eigenvalue weighted by Gasteiger charge is -2.22. The molecule has 0 aliphatic rings. The summed E-state index contributed by atoms with van der Waals surface area (Å²) >= 11 is 0. The predicted molar refractivity (Wildman–Crippen MR) is 64.0 cm³/mol. The zero-order chi connectivity index (χ0) is 18.1. The van der Waals surface area contributed by atoms with Crippen LogP contribution in [-0.2, 0) is 29.7 Å². The highest BCUT2D eigenvalue weighted by Crippen LogP contribution is 2.37. The number of carbonyl (C=O) groups is 1. The summed E-state index contributed by atoms with van der Waals surface area (Å²) in [4.78, 5) is 20.9. The molecule has 0 fully saturated rings. The molecule has 13 heteroatoms. The molecular formula is C10H7F4NO7S. The fourth-order valence-electron chi connectivity index (χ4n) is 1.35. The number of nitro benzene ring substituents is 1. The summed E-state index contributed by atoms with van der Waals surface area (Å²) in [5.74, 6) is -6.40. The van der Waals surface area contributed by atoms with Crippen LogP contribution in [-0.4, -0.2) is 31.9 Å². The van der Waals surface area contributed by atoms with Gasteiger partial charge in [0.05, 0.1) is 12.0 Å². The smallest absolute Gasteiger partial charge is 0.464 e. The van der Waals surface area contributed by atoms with Gasteiger partial charge in [0.1, 0.15) is 0 Å². The first kappa shape index (κ1) is 18.8. The molecule has 1 unspecified atom stereocenters. The van der Waals surface area contributed by atoms with E-state index in [1.165, 1.54) is 0 Å². The number of nitro groups is 1. The Hall–Kier alpha value is -2.28. The monoisotopic (exact) mass is 361 g/mol. The van der Waals surface area contributed by atoms with E-state index in [4.69, 9.17) is 0 Å². The Morgan fingerprint density at radius 2 is 1.83 bits per heavy atom. The molecule has 1 aromatic rings. The molecule has 0 bridgehead atoms. The Morgan fingerprint density at radius 3 is 2.26 bits per heavy atom. The quantitative estimate of drug-likeness (QED) is 0.196. The Kier molecular flexibility index (Phi) is 4.96. The average Bonchev–Trinajstić information content (AvgIpc) is 2.44. The molecule has 0 saturated heterocycles. The zero-order valence-corrected chi connectivity index (χ0v) is 11.9. The highest BCUT2D eigenvalue weighted by atomic mass is 32.2. The first-order valence-electron chi connectivity index (χ1n) is 5.39. The van der Waals surface area contributed by atoms with E-state index in [0.717, 1.165) is 12.1 Å². The summed E-state index contributed by atoms with van der Waals surface area (Å²) < 4.78 is 80.7. The third-order valence-corrected chi connectivity index (χ3v) is 3.40. The lowest BCUT2D eigenvalue weighted by atomic mass is 10.1. The maximum Gasteiger partial charge on any atom is 0.523 e. The van der Waals surface area contributed by atoms with Crippen molar-refractivity contribution in [2.24, 2.45) is 0 Å². The second-order valence-electron chi connectivity index (χ2n) is 3.88. The van der Waals surface area contributed by atoms with Gasteiger partial charge in [0.15, 0.2) is 0 Å². The summed E-state index contributed by atoms with van der Waals surface area (Å²) in [6, 6.07) is 2.60. The van der Waals surface area contributed by atoms with Gasteiger partial charge in [-0.3, -0.25) is 10.1 Å². The van der Waals surface area contributed by atoms with Crippen LogP contribution in [0.3, 0.4) is 0 Å². The van der Waals surface area contributed by atoms with Crippen LogP contribution >= 0.6 is 0 Å². The van der Waals surface area contributed by atoms with Crippen LogP contribution in [0.4, 0.5) is 23.2 Å². The summed E-state index contributed by atoms with van der Waals surface area (Å²) in [5, 5.41) is 10.6. The number of ether oxygens (including phenoxy) is 1. The molecule has 23 heavy (non-hydrogen) atoms. The second-order valence-corrected chi connectivity index (χ2v) is 5.42. The number of hydrogen-bond donors (Lipinski definition) is 0. The van der Waals surface area contributed by atoms with Gasteiger partial charge in [0.25, 0.3) is 5.69 Å². The van der Waals surface area contributed by atoms with Gasteiger partial charge in [-0.1, -0.05) is 12.1 Å². The van der Waals surface area contributed by atoms with Crippen LogP contribution in [0, 0.1) is 10.1 Å². The predicted octanol–water partition coefficient (Wildman–Crippen LogP) is 1.76. The van der Waals surface area contributed by atoms with Crippen molar-refractivity contribution in [3.63, 3.8) is 0 Å². The van der Waals surface area contributed by atoms with E-state index >= 15 is 0 Å². The molecule has 0 radical (unpaired) electrons. The maximum atomic E-state index is 14.6. The van der Waals surface area contributed by atoms with E-state index in [2.05, 4.69) is 8.92 Å². The van der Waals surface area contributed by atoms with Gasteiger partial charge in [-0.2, -0.15) is 26.0 Å². The summed E-state index contributed by atoms with van der Waals surface area (Å²) in [5.41, 5.74) is -8.01. The minimum Gasteiger partial charge on any atom is -0.464 e. The van der Waals surface area contributed by atoms with E-state index in [0.29, 0.717) is 19.2 Å². The van der Waals surface area contributed by atoms with Gasteiger partial charge in [-0.05, 0) is 0 Å². The molecule has 1 atom stereocenters. The Morgan fingerprint density at radius 1 is 1.26 bits per heavy atom. The molecule has 8 nitrogen and oxygen atoms in total. The van der Waals surface area contributed by atoms with Gasteiger partial charge >= 0.3 is 27.5 Å². The molecule has 0 N–H and O–H groups in total. The van der Waals surface area contributed by atoms with E-state index < -0.39 is 43.6 Å². The number of benzene rings is 1. The summed E-state index contributed by atoms with van der Waals surface area (Å²) in [7, 11) is -5.98. The molecule has 0 amide bonds. The standard InChI is InChI=1S/C10H7F4NO7S/c1-21-8(16)9(11,22-23(19,20)10(12,13)14)6-3-2-4-7(5-6)15(17)18/h2-5H,1H3. The Labute approximate surface area is 125 Å². The molecule has 1 rings (SSSR count). The minimum atomic E-state index is -6.54. The normalized spacial score (nSPS) is 14.8. The van der Waals surface area contributed by atoms with Gasteiger partial charge in [-0.15, -0.1) is 0 Å². The van der Waals surface area contributed by atoms with Crippen LogP contribution < -0.4 is 0 Å². The summed E-state index contributed by atoms with van der Waals surface area (Å²) in [6.45, 7) is 0. The van der Waals surface area contributed by atoms with Crippen molar-refractivity contribution in [1.29, 1.82) is 0 Å². The second kappa shape index (κ2) is 6.08. The molecule has 128 valence electrons. The van der Waals surface area contributed by atoms with Gasteiger partial charge in [0, 0.05) is 17.7 Å². The number of alkyl halides is 4. The van der Waals surface area contributed by atoms with Gasteiger partial charge in [-0.25, -0.2) is 8.98 Å². The van der Waals surface area contributed by atoms with E-state index in [1.54, 1.807) is 0 Å². The van der Waals surface area contributed by atoms with Crippen molar-refractivity contribution < 1.29 is 44.6 Å². The summed E-state index contributed by atoms with van der Waals surface area (Å²) in [6.07, 6.45) is 0. The molecule has 1 aromatic carbocycles. The lowest BCUT2D eigenvalue weighted by molar-refractivity contribution is -0.385. The third kappa shape index (κ3) is 3.73. The van der Waals surface area contributed by atoms with E-state index in [-0.39, 0.29) is 0 Å². The van der Waals surface area contributed by atoms with Crippen LogP contribution in [0.1, 0.15) is 5.56 Å². The fraction of sp³-hybridized carbons (Fsp3) is 0.300. The number of hydrogen-bond acceptors (Lipinski definition) is 7. The Bertz CT molecular complexity index is 733. The number of carbonyl (C=O) groups excluding carboxylic acids is 1. The first-order chi connectivity index (χ1) is 10.3. The van der Waals surface area contributed by atoms with E-state index in [9.17, 15) is 40.9 Å². The third-order valence-electron chi connectivity index (χ3n) is 2.38. The number of halogens is 4. The van der Waals surface area contributed by atoms with Crippen LogP contribution in [0.15, 0.2) is 24.3 Å². The average molecular weight is 361 g/mol. The van der Waals surface area contributed by atoms with Crippen molar-refractivity contribution in [1.82, 2.24) is 0 Å². The van der Waals surface area contributed by atoms with Crippen molar-refractivity contribution in [2.75, 3.05) is 7.11 Å². The fourth-order valence-corrected chi connectivity index (χ4v) is 1.91. The molecule has 0 aromatic heterocycles. The molecule has 0 saturated carbocycles. The number of methoxy groups -OCH3 is 1. The van der Waals surface area contributed by atoms with Crippen molar-refractivity contribution in [2.45, 2.75) is 11.4 Å². The van der Waals surface area contributed by atoms with Crippen molar-refractivity contribution >= 4 is 21.8 Å². The van der Waals surface area contributed by atoms with Gasteiger partial charge in [0.2, 0.25) is 0 Å². The highest BCUT2D eigenvalue weighted by Gasteiger charge is 2.57. The molecule has 0 heterocycles. The van der Waals surface area contributed by atoms with Crippen LogP contribution in [0.5, 0.6) is 0 Å². The largest absolute Gasteiger partial charge is 0.523 e. The first-order valence-corrected chi connectivity index (χ1v) is 6.80. The van der Waals surface area contributed by atoms with Gasteiger partial charge < -0.3 is 4.74 Å². The SMILES string of the molecule is COC(=O)C(F)(OS(=O)(=O)C(F)(F)F)c1cccc([N+](=O)[O-])c1. The van der Waals surface area contributed by atoms with E-state index in [1.807, 2.05) is 0 Å². The highest BCUT2D eigenvalue weighted by molar-refractivity contribution is 7.87. The molecule has 0 aliphatic heterocycles. The topological polar surface area (TPSA) is 113 Å². The number of nitrogens with zero attached hydrogens (tertiary/aromatic N) is 1. The molecule has 0 spiro atoms. The number of esters is 1. The van der Waals surface area contributed by atoms with Crippen molar-refractivity contribution in [3.8, 4) is 0 Å². The number of rotatable bonds is 5. The van der Waals surface area contributed by atoms with Crippen LogP contribution in [0.2, 0.25) is 0 Å². The Balaban J connectivity index is 3.48.